The Labute approximate surface area is 252 Å². The van der Waals surface area contributed by atoms with Gasteiger partial charge in [-0.3, -0.25) is 9.62 Å². The number of hydrogen-bond donors (Lipinski definition) is 3. The van der Waals surface area contributed by atoms with Crippen molar-refractivity contribution in [2.45, 2.75) is 4.90 Å². The molecular formula is C29H29FN7O4S2+. The molecule has 222 valence electrons. The zero-order valence-electron chi connectivity index (χ0n) is 23.3. The first-order valence-corrected chi connectivity index (χ1v) is 15.3. The predicted octanol–water partition coefficient (Wildman–Crippen LogP) is 4.01. The van der Waals surface area contributed by atoms with Crippen LogP contribution in [0.4, 0.5) is 21.6 Å². The number of aromatic nitrogens is 3. The Morgan fingerprint density at radius 3 is 2.30 bits per heavy atom. The highest BCUT2D eigenvalue weighted by Crippen LogP contribution is 2.37. The van der Waals surface area contributed by atoms with Crippen LogP contribution in [0, 0.1) is 5.82 Å². The minimum absolute atomic E-state index is 0.0789. The van der Waals surface area contributed by atoms with Crippen molar-refractivity contribution in [3.8, 4) is 11.5 Å². The standard InChI is InChI=1S/C29H28FN7O4S2/c1-40-24-15-22-23(16-25(24)41-2)34-27-26(22)28(32-17-31-27)36-11-13-37(14-12-36)29(42)33-19-7-9-21(10-8-19)43(38,39)35-20-5-3-18(30)4-6-20/h3-10,15-17,35H,11-14H2,1-2H3,(H,33,42)(H,31,32,34)/p+1. The molecule has 0 saturated carbocycles. The van der Waals surface area contributed by atoms with E-state index in [9.17, 15) is 12.8 Å². The van der Waals surface area contributed by atoms with E-state index in [1.807, 2.05) is 12.1 Å². The number of rotatable bonds is 7. The number of ether oxygens (including phenoxy) is 2. The van der Waals surface area contributed by atoms with Gasteiger partial charge in [0.25, 0.3) is 10.0 Å². The van der Waals surface area contributed by atoms with Crippen LogP contribution >= 0.6 is 12.2 Å². The molecular weight excluding hydrogens is 593 g/mol. The second kappa shape index (κ2) is 11.5. The van der Waals surface area contributed by atoms with Crippen molar-refractivity contribution >= 4 is 66.5 Å². The lowest BCUT2D eigenvalue weighted by Gasteiger charge is -2.34. The Bertz CT molecular complexity index is 1910. The summed E-state index contributed by atoms with van der Waals surface area (Å²) in [5, 5.41) is 5.70. The lowest BCUT2D eigenvalue weighted by molar-refractivity contribution is -0.367. The highest BCUT2D eigenvalue weighted by atomic mass is 32.2. The lowest BCUT2D eigenvalue weighted by atomic mass is 10.1. The second-order valence-electron chi connectivity index (χ2n) is 9.89. The molecule has 4 N–H and O–H groups in total. The average molecular weight is 623 g/mol. The van der Waals surface area contributed by atoms with E-state index in [4.69, 9.17) is 21.7 Å². The van der Waals surface area contributed by atoms with E-state index >= 15 is 0 Å². The maximum atomic E-state index is 13.2. The number of nitrogens with zero attached hydrogens (tertiary/aromatic N) is 3. The summed E-state index contributed by atoms with van der Waals surface area (Å²) in [7, 11) is -0.606. The summed E-state index contributed by atoms with van der Waals surface area (Å²) < 4.78 is 52.0. The molecule has 1 fully saturated rings. The summed E-state index contributed by atoms with van der Waals surface area (Å²) in [6, 6.07) is 15.3. The van der Waals surface area contributed by atoms with Gasteiger partial charge in [0.15, 0.2) is 16.6 Å². The summed E-state index contributed by atoms with van der Waals surface area (Å²) in [4.78, 5) is 15.6. The van der Waals surface area contributed by atoms with E-state index in [0.717, 1.165) is 27.8 Å². The third-order valence-electron chi connectivity index (χ3n) is 7.31. The first-order chi connectivity index (χ1) is 20.8. The van der Waals surface area contributed by atoms with Gasteiger partial charge in [-0.25, -0.2) is 17.8 Å². The first kappa shape index (κ1) is 28.4. The zero-order chi connectivity index (χ0) is 30.1. The van der Waals surface area contributed by atoms with E-state index in [-0.39, 0.29) is 10.6 Å². The second-order valence-corrected chi connectivity index (χ2v) is 12.0. The molecule has 1 saturated heterocycles. The highest BCUT2D eigenvalue weighted by molar-refractivity contribution is 7.92. The minimum atomic E-state index is -3.83. The Morgan fingerprint density at radius 1 is 0.977 bits per heavy atom. The number of benzene rings is 3. The van der Waals surface area contributed by atoms with Crippen LogP contribution in [0.1, 0.15) is 0 Å². The van der Waals surface area contributed by atoms with Crippen molar-refractivity contribution in [1.29, 1.82) is 0 Å². The summed E-state index contributed by atoms with van der Waals surface area (Å²) in [6.45, 7) is 2.78. The number of piperazine rings is 1. The molecule has 1 aliphatic rings. The van der Waals surface area contributed by atoms with E-state index in [0.29, 0.717) is 48.5 Å². The SMILES string of the molecule is COc1cc2[nH]c3nc[nH+]c(N4CCN(C(=S)Nc5ccc(S(=O)(=O)Nc6ccc(F)cc6)cc5)CC4)c3c2cc1OC. The number of aromatic amines is 2. The van der Waals surface area contributed by atoms with E-state index in [2.05, 4.69) is 34.8 Å². The van der Waals surface area contributed by atoms with Crippen molar-refractivity contribution in [3.63, 3.8) is 0 Å². The van der Waals surface area contributed by atoms with Crippen molar-refractivity contribution in [1.82, 2.24) is 14.9 Å². The number of anilines is 3. The van der Waals surface area contributed by atoms with Crippen molar-refractivity contribution in [2.75, 3.05) is 55.3 Å². The van der Waals surface area contributed by atoms with Gasteiger partial charge in [0.05, 0.1) is 50.8 Å². The van der Waals surface area contributed by atoms with Gasteiger partial charge < -0.3 is 24.7 Å². The lowest BCUT2D eigenvalue weighted by Crippen LogP contribution is -2.51. The minimum Gasteiger partial charge on any atom is -0.493 e. The third-order valence-corrected chi connectivity index (χ3v) is 9.07. The fourth-order valence-corrected chi connectivity index (χ4v) is 6.47. The van der Waals surface area contributed by atoms with Gasteiger partial charge in [-0.05, 0) is 66.8 Å². The van der Waals surface area contributed by atoms with Crippen LogP contribution in [0.3, 0.4) is 0 Å². The molecule has 3 aromatic carbocycles. The molecule has 0 amide bonds. The monoisotopic (exact) mass is 622 g/mol. The largest absolute Gasteiger partial charge is 0.493 e. The summed E-state index contributed by atoms with van der Waals surface area (Å²) in [5.74, 6) is 1.79. The normalized spacial score (nSPS) is 13.7. The Morgan fingerprint density at radius 2 is 1.63 bits per heavy atom. The molecule has 5 aromatic rings. The molecule has 0 atom stereocenters. The Kier molecular flexibility index (Phi) is 7.62. The van der Waals surface area contributed by atoms with Crippen LogP contribution in [-0.4, -0.2) is 68.8 Å². The predicted molar refractivity (Wildman–Crippen MR) is 167 cm³/mol. The molecule has 3 heterocycles. The van der Waals surface area contributed by atoms with Crippen molar-refractivity contribution < 1.29 is 27.3 Å². The maximum absolute atomic E-state index is 13.2. The topological polar surface area (TPSA) is 126 Å². The summed E-state index contributed by atoms with van der Waals surface area (Å²) in [6.07, 6.45) is 1.68. The van der Waals surface area contributed by atoms with Crippen LogP contribution in [0.25, 0.3) is 21.9 Å². The average Bonchev–Trinajstić information content (AvgIpc) is 3.39. The molecule has 0 radical (unpaired) electrons. The van der Waals surface area contributed by atoms with E-state index < -0.39 is 15.8 Å². The molecule has 14 heteroatoms. The number of methoxy groups -OCH3 is 2. The van der Waals surface area contributed by atoms with Gasteiger partial charge in [-0.15, -0.1) is 0 Å². The van der Waals surface area contributed by atoms with Gasteiger partial charge >= 0.3 is 0 Å². The summed E-state index contributed by atoms with van der Waals surface area (Å²) in [5.41, 5.74) is 2.60. The number of nitrogens with one attached hydrogen (secondary N) is 4. The van der Waals surface area contributed by atoms with Gasteiger partial charge in [0.2, 0.25) is 17.8 Å². The molecule has 0 aliphatic carbocycles. The molecule has 6 rings (SSSR count). The zero-order valence-corrected chi connectivity index (χ0v) is 25.0. The smallest absolute Gasteiger partial charge is 0.261 e. The summed E-state index contributed by atoms with van der Waals surface area (Å²) >= 11 is 5.68. The molecule has 11 nitrogen and oxygen atoms in total. The fourth-order valence-electron chi connectivity index (χ4n) is 5.11. The van der Waals surface area contributed by atoms with Crippen molar-refractivity contribution in [3.05, 3.63) is 72.8 Å². The number of fused-ring (bicyclic) bond motifs is 3. The molecule has 0 bridgehead atoms. The van der Waals surface area contributed by atoms with Gasteiger partial charge in [-0.1, -0.05) is 4.98 Å². The Balaban J connectivity index is 1.12. The number of thiocarbonyl (C=S) groups is 1. The van der Waals surface area contributed by atoms with E-state index in [1.165, 1.54) is 36.4 Å². The van der Waals surface area contributed by atoms with Gasteiger partial charge in [0, 0.05) is 22.8 Å². The highest BCUT2D eigenvalue weighted by Gasteiger charge is 2.28. The van der Waals surface area contributed by atoms with Crippen LogP contribution < -0.4 is 29.4 Å². The molecule has 0 unspecified atom stereocenters. The van der Waals surface area contributed by atoms with Crippen LogP contribution in [-0.2, 0) is 10.0 Å². The van der Waals surface area contributed by atoms with Gasteiger partial charge in [-0.2, -0.15) is 0 Å². The van der Waals surface area contributed by atoms with Crippen LogP contribution in [0.5, 0.6) is 11.5 Å². The third kappa shape index (κ3) is 5.70. The van der Waals surface area contributed by atoms with Gasteiger partial charge in [0.1, 0.15) is 11.2 Å². The number of halogens is 1. The quantitative estimate of drug-likeness (QED) is 0.231. The van der Waals surface area contributed by atoms with E-state index in [1.54, 1.807) is 32.7 Å². The molecule has 0 spiro atoms. The number of H-pyrrole nitrogens is 2. The number of hydrogen-bond acceptors (Lipinski definition) is 7. The Hall–Kier alpha value is -4.69. The number of sulfonamides is 1. The fraction of sp³-hybridized carbons (Fsp3) is 0.207. The van der Waals surface area contributed by atoms with Crippen LogP contribution in [0.2, 0.25) is 0 Å². The maximum Gasteiger partial charge on any atom is 0.261 e. The van der Waals surface area contributed by atoms with Crippen molar-refractivity contribution in [2.24, 2.45) is 0 Å². The first-order valence-electron chi connectivity index (χ1n) is 13.4. The molecule has 2 aromatic heterocycles. The molecule has 43 heavy (non-hydrogen) atoms. The molecule has 1 aliphatic heterocycles. The van der Waals surface area contributed by atoms with Crippen LogP contribution in [0.15, 0.2) is 71.9 Å².